The lowest BCUT2D eigenvalue weighted by Crippen LogP contribution is -2.13. The number of aryl methyl sites for hydroxylation is 1. The molecule has 0 spiro atoms. The van der Waals surface area contributed by atoms with Crippen molar-refractivity contribution in [2.24, 2.45) is 0 Å². The molecule has 0 radical (unpaired) electrons. The summed E-state index contributed by atoms with van der Waals surface area (Å²) < 4.78 is 10.1. The third-order valence-electron chi connectivity index (χ3n) is 3.28. The van der Waals surface area contributed by atoms with Gasteiger partial charge in [0, 0.05) is 6.07 Å². The van der Waals surface area contributed by atoms with E-state index in [1.807, 2.05) is 0 Å². The van der Waals surface area contributed by atoms with Gasteiger partial charge >= 0.3 is 5.97 Å². The van der Waals surface area contributed by atoms with Gasteiger partial charge in [-0.2, -0.15) is 0 Å². The summed E-state index contributed by atoms with van der Waals surface area (Å²) in [5.41, 5.74) is 0.0274. The molecule has 0 aliphatic rings. The lowest BCUT2D eigenvalue weighted by atomic mass is 9.92. The number of hydrogen-bond donors (Lipinski definition) is 2. The van der Waals surface area contributed by atoms with Crippen LogP contribution in [0.15, 0.2) is 39.5 Å². The average Bonchev–Trinajstić information content (AvgIpc) is 2.49. The number of rotatable bonds is 4. The lowest BCUT2D eigenvalue weighted by Gasteiger charge is -2.17. The highest BCUT2D eigenvalue weighted by Crippen LogP contribution is 2.33. The number of methoxy groups -OCH3 is 1. The van der Waals surface area contributed by atoms with Gasteiger partial charge in [0.25, 0.3) is 0 Å². The van der Waals surface area contributed by atoms with Gasteiger partial charge in [0.1, 0.15) is 11.5 Å². The zero-order valence-corrected chi connectivity index (χ0v) is 12.2. The first-order valence-electron chi connectivity index (χ1n) is 6.61. The number of benzene rings is 1. The molecule has 0 saturated heterocycles. The van der Waals surface area contributed by atoms with Gasteiger partial charge in [0.05, 0.1) is 19.4 Å². The summed E-state index contributed by atoms with van der Waals surface area (Å²) in [6.45, 7) is 1.58. The normalized spacial score (nSPS) is 11.9. The average molecular weight is 304 g/mol. The smallest absolute Gasteiger partial charge is 0.306 e. The van der Waals surface area contributed by atoms with Crippen LogP contribution in [0.4, 0.5) is 0 Å². The minimum Gasteiger partial charge on any atom is -0.508 e. The van der Waals surface area contributed by atoms with E-state index in [1.54, 1.807) is 19.1 Å². The minimum atomic E-state index is -0.694. The van der Waals surface area contributed by atoms with Gasteiger partial charge in [-0.05, 0) is 24.6 Å². The second-order valence-electron chi connectivity index (χ2n) is 4.86. The number of hydrogen-bond acceptors (Lipinski definition) is 6. The second-order valence-corrected chi connectivity index (χ2v) is 4.86. The molecule has 0 unspecified atom stereocenters. The highest BCUT2D eigenvalue weighted by molar-refractivity contribution is 5.71. The quantitative estimate of drug-likeness (QED) is 0.839. The summed E-state index contributed by atoms with van der Waals surface area (Å²) in [5.74, 6) is -1.35. The topological polar surface area (TPSA) is 97.0 Å². The van der Waals surface area contributed by atoms with Crippen LogP contribution in [0.3, 0.4) is 0 Å². The Bertz CT molecular complexity index is 729. The van der Waals surface area contributed by atoms with Crippen molar-refractivity contribution in [2.75, 3.05) is 7.11 Å². The molecule has 2 N–H and O–H groups in total. The number of phenols is 1. The molecular weight excluding hydrogens is 288 g/mol. The fraction of sp³-hybridized carbons (Fsp3) is 0.250. The highest BCUT2D eigenvalue weighted by Gasteiger charge is 2.26. The molecule has 6 heteroatoms. The Morgan fingerprint density at radius 1 is 1.27 bits per heavy atom. The zero-order chi connectivity index (χ0) is 16.3. The monoisotopic (exact) mass is 304 g/mol. The van der Waals surface area contributed by atoms with Gasteiger partial charge in [-0.25, -0.2) is 0 Å². The molecular formula is C16H16O6. The zero-order valence-electron chi connectivity index (χ0n) is 12.2. The fourth-order valence-electron chi connectivity index (χ4n) is 2.18. The first-order chi connectivity index (χ1) is 10.4. The maximum absolute atomic E-state index is 11.7. The van der Waals surface area contributed by atoms with E-state index in [4.69, 9.17) is 4.42 Å². The van der Waals surface area contributed by atoms with Crippen molar-refractivity contribution in [3.63, 3.8) is 0 Å². The molecule has 0 bridgehead atoms. The summed E-state index contributed by atoms with van der Waals surface area (Å²) in [6.07, 6.45) is -0.110. The predicted molar refractivity (Wildman–Crippen MR) is 78.0 cm³/mol. The molecule has 0 aliphatic carbocycles. The van der Waals surface area contributed by atoms with Crippen LogP contribution < -0.4 is 5.43 Å². The molecule has 1 aromatic carbocycles. The first-order valence-corrected chi connectivity index (χ1v) is 6.61. The van der Waals surface area contributed by atoms with Crippen molar-refractivity contribution in [1.29, 1.82) is 0 Å². The Morgan fingerprint density at radius 3 is 2.50 bits per heavy atom. The summed E-state index contributed by atoms with van der Waals surface area (Å²) in [6, 6.07) is 7.25. The van der Waals surface area contributed by atoms with Crippen molar-refractivity contribution in [2.45, 2.75) is 19.3 Å². The minimum absolute atomic E-state index is 0.00101. The van der Waals surface area contributed by atoms with Crippen LogP contribution in [-0.2, 0) is 9.53 Å². The molecule has 22 heavy (non-hydrogen) atoms. The van der Waals surface area contributed by atoms with E-state index in [1.165, 1.54) is 25.3 Å². The standard InChI is InChI=1S/C16H16O6/c1-9-7-13(18)15(20)16(22-9)12(8-14(19)21-2)10-3-5-11(17)6-4-10/h3-7,12,17,20H,8H2,1-2H3/t12-/m1/s1. The van der Waals surface area contributed by atoms with Crippen molar-refractivity contribution < 1.29 is 24.2 Å². The number of carbonyl (C=O) groups excluding carboxylic acids is 1. The molecule has 116 valence electrons. The van der Waals surface area contributed by atoms with Gasteiger partial charge in [0.15, 0.2) is 5.76 Å². The molecule has 6 nitrogen and oxygen atoms in total. The highest BCUT2D eigenvalue weighted by atomic mass is 16.5. The number of carbonyl (C=O) groups is 1. The molecule has 1 aromatic heterocycles. The van der Waals surface area contributed by atoms with E-state index < -0.39 is 23.1 Å². The Labute approximate surface area is 126 Å². The van der Waals surface area contributed by atoms with Crippen molar-refractivity contribution in [1.82, 2.24) is 0 Å². The number of phenolic OH excluding ortho intramolecular Hbond substituents is 1. The molecule has 1 heterocycles. The van der Waals surface area contributed by atoms with Crippen LogP contribution in [0.1, 0.15) is 29.4 Å². The van der Waals surface area contributed by atoms with Gasteiger partial charge < -0.3 is 19.4 Å². The van der Waals surface area contributed by atoms with Gasteiger partial charge in [-0.1, -0.05) is 12.1 Å². The summed E-state index contributed by atoms with van der Waals surface area (Å²) in [4.78, 5) is 23.4. The molecule has 0 amide bonds. The Hall–Kier alpha value is -2.76. The Balaban J connectivity index is 2.56. The third kappa shape index (κ3) is 3.28. The van der Waals surface area contributed by atoms with Crippen molar-refractivity contribution in [3.8, 4) is 11.5 Å². The van der Waals surface area contributed by atoms with Crippen LogP contribution >= 0.6 is 0 Å². The van der Waals surface area contributed by atoms with Crippen LogP contribution in [0, 0.1) is 6.92 Å². The number of esters is 1. The van der Waals surface area contributed by atoms with E-state index in [9.17, 15) is 19.8 Å². The lowest BCUT2D eigenvalue weighted by molar-refractivity contribution is -0.140. The van der Waals surface area contributed by atoms with Crippen molar-refractivity contribution >= 4 is 5.97 Å². The summed E-state index contributed by atoms with van der Waals surface area (Å²) in [7, 11) is 1.25. The molecule has 0 saturated carbocycles. The van der Waals surface area contributed by atoms with E-state index in [2.05, 4.69) is 4.74 Å². The van der Waals surface area contributed by atoms with Crippen LogP contribution in [0.5, 0.6) is 11.5 Å². The summed E-state index contributed by atoms with van der Waals surface area (Å²) >= 11 is 0. The number of ether oxygens (including phenoxy) is 1. The van der Waals surface area contributed by atoms with Crippen LogP contribution in [0.25, 0.3) is 0 Å². The van der Waals surface area contributed by atoms with E-state index >= 15 is 0 Å². The maximum atomic E-state index is 11.7. The van der Waals surface area contributed by atoms with E-state index in [0.717, 1.165) is 0 Å². The molecule has 0 aliphatic heterocycles. The Morgan fingerprint density at radius 2 is 1.91 bits per heavy atom. The Kier molecular flexibility index (Phi) is 4.50. The molecule has 2 rings (SSSR count). The van der Waals surface area contributed by atoms with Crippen LogP contribution in [0.2, 0.25) is 0 Å². The van der Waals surface area contributed by atoms with Crippen molar-refractivity contribution in [3.05, 3.63) is 57.6 Å². The largest absolute Gasteiger partial charge is 0.508 e. The third-order valence-corrected chi connectivity index (χ3v) is 3.28. The van der Waals surface area contributed by atoms with Gasteiger partial charge in [-0.3, -0.25) is 9.59 Å². The predicted octanol–water partition coefficient (Wildman–Crippen LogP) is 2.05. The summed E-state index contributed by atoms with van der Waals surface area (Å²) in [5, 5.41) is 19.4. The fourth-order valence-corrected chi connectivity index (χ4v) is 2.18. The van der Waals surface area contributed by atoms with Gasteiger partial charge in [0.2, 0.25) is 11.2 Å². The van der Waals surface area contributed by atoms with Crippen LogP contribution in [-0.4, -0.2) is 23.3 Å². The SMILES string of the molecule is COC(=O)C[C@H](c1ccc(O)cc1)c1oc(C)cc(=O)c1O. The van der Waals surface area contributed by atoms with Gasteiger partial charge in [-0.15, -0.1) is 0 Å². The second kappa shape index (κ2) is 6.34. The first kappa shape index (κ1) is 15.6. The molecule has 0 fully saturated rings. The maximum Gasteiger partial charge on any atom is 0.306 e. The van der Waals surface area contributed by atoms with E-state index in [-0.39, 0.29) is 17.9 Å². The number of aromatic hydroxyl groups is 2. The van der Waals surface area contributed by atoms with E-state index in [0.29, 0.717) is 11.3 Å². The molecule has 2 aromatic rings. The molecule has 1 atom stereocenters.